The lowest BCUT2D eigenvalue weighted by atomic mass is 10.2. The largest absolute Gasteiger partial charge is 0.397 e. The predicted molar refractivity (Wildman–Crippen MR) is 60.8 cm³/mol. The van der Waals surface area contributed by atoms with E-state index >= 15 is 0 Å². The van der Waals surface area contributed by atoms with Crippen molar-refractivity contribution >= 4 is 23.0 Å². The zero-order chi connectivity index (χ0) is 10.6. The van der Waals surface area contributed by atoms with E-state index in [2.05, 4.69) is 0 Å². The molecule has 0 radical (unpaired) electrons. The lowest BCUT2D eigenvalue weighted by Crippen LogP contribution is -2.26. The molecule has 78 valence electrons. The highest BCUT2D eigenvalue weighted by molar-refractivity contribution is 6.31. The molecule has 0 aliphatic heterocycles. The first-order valence-electron chi connectivity index (χ1n) is 4.60. The minimum atomic E-state index is 0.121. The summed E-state index contributed by atoms with van der Waals surface area (Å²) in [5.74, 6) is 0. The molecular weight excluding hydrogens is 200 g/mol. The summed E-state index contributed by atoms with van der Waals surface area (Å²) in [4.78, 5) is 2.01. The molecule has 0 aromatic heterocycles. The number of aliphatic hydroxyl groups excluding tert-OH is 1. The van der Waals surface area contributed by atoms with E-state index in [4.69, 9.17) is 22.4 Å². The fraction of sp³-hybridized carbons (Fsp3) is 0.400. The number of nitrogen functional groups attached to an aromatic ring is 1. The molecule has 0 fully saturated rings. The Kier molecular flexibility index (Phi) is 4.04. The molecule has 0 saturated heterocycles. The van der Waals surface area contributed by atoms with E-state index in [0.29, 0.717) is 17.3 Å². The van der Waals surface area contributed by atoms with Gasteiger partial charge in [-0.25, -0.2) is 0 Å². The van der Waals surface area contributed by atoms with E-state index in [0.717, 1.165) is 12.2 Å². The number of benzene rings is 1. The molecule has 0 atom stereocenters. The first-order valence-corrected chi connectivity index (χ1v) is 4.97. The molecule has 0 bridgehead atoms. The Hall–Kier alpha value is -0.930. The van der Waals surface area contributed by atoms with Gasteiger partial charge in [-0.2, -0.15) is 0 Å². The molecule has 0 unspecified atom stereocenters. The molecule has 0 spiro atoms. The standard InChI is InChI=1S/C10H15ClN2O/c1-2-13(5-6-14)10-4-3-8(11)7-9(10)12/h3-4,7,14H,2,5-6,12H2,1H3. The van der Waals surface area contributed by atoms with E-state index < -0.39 is 0 Å². The monoisotopic (exact) mass is 214 g/mol. The minimum absolute atomic E-state index is 0.121. The van der Waals surface area contributed by atoms with Crippen molar-refractivity contribution in [3.8, 4) is 0 Å². The fourth-order valence-electron chi connectivity index (χ4n) is 1.38. The van der Waals surface area contributed by atoms with Crippen molar-refractivity contribution in [1.29, 1.82) is 0 Å². The minimum Gasteiger partial charge on any atom is -0.397 e. The number of halogens is 1. The fourth-order valence-corrected chi connectivity index (χ4v) is 1.56. The number of nitrogens with two attached hydrogens (primary N) is 1. The van der Waals surface area contributed by atoms with Crippen LogP contribution in [0.5, 0.6) is 0 Å². The van der Waals surface area contributed by atoms with Crippen molar-refractivity contribution in [2.24, 2.45) is 0 Å². The van der Waals surface area contributed by atoms with Gasteiger partial charge < -0.3 is 15.7 Å². The number of likely N-dealkylation sites (N-methyl/N-ethyl adjacent to an activating group) is 1. The van der Waals surface area contributed by atoms with Crippen molar-refractivity contribution in [1.82, 2.24) is 0 Å². The third kappa shape index (κ3) is 2.53. The summed E-state index contributed by atoms with van der Waals surface area (Å²) in [6, 6.07) is 5.39. The Morgan fingerprint density at radius 2 is 2.21 bits per heavy atom. The van der Waals surface area contributed by atoms with Crippen LogP contribution in [0.4, 0.5) is 11.4 Å². The third-order valence-electron chi connectivity index (χ3n) is 2.08. The predicted octanol–water partition coefficient (Wildman–Crippen LogP) is 1.74. The second-order valence-electron chi connectivity index (χ2n) is 3.01. The molecular formula is C10H15ClN2O. The Morgan fingerprint density at radius 1 is 1.50 bits per heavy atom. The molecule has 14 heavy (non-hydrogen) atoms. The second kappa shape index (κ2) is 5.08. The molecule has 4 heteroatoms. The zero-order valence-corrected chi connectivity index (χ0v) is 8.96. The van der Waals surface area contributed by atoms with Crippen LogP contribution in [0.15, 0.2) is 18.2 Å². The summed E-state index contributed by atoms with van der Waals surface area (Å²) in [6.45, 7) is 3.54. The topological polar surface area (TPSA) is 49.5 Å². The molecule has 0 aliphatic rings. The molecule has 0 saturated carbocycles. The summed E-state index contributed by atoms with van der Waals surface area (Å²) in [6.07, 6.45) is 0. The average Bonchev–Trinajstić information content (AvgIpc) is 2.15. The normalized spacial score (nSPS) is 10.2. The van der Waals surface area contributed by atoms with Gasteiger partial charge in [0.25, 0.3) is 0 Å². The summed E-state index contributed by atoms with van der Waals surface area (Å²) in [7, 11) is 0. The van der Waals surface area contributed by atoms with E-state index in [1.165, 1.54) is 0 Å². The van der Waals surface area contributed by atoms with Gasteiger partial charge >= 0.3 is 0 Å². The van der Waals surface area contributed by atoms with Crippen LogP contribution in [-0.4, -0.2) is 24.8 Å². The summed E-state index contributed by atoms with van der Waals surface area (Å²) < 4.78 is 0. The Bertz CT molecular complexity index is 304. The van der Waals surface area contributed by atoms with Crippen LogP contribution >= 0.6 is 11.6 Å². The Balaban J connectivity index is 2.92. The highest BCUT2D eigenvalue weighted by Crippen LogP contribution is 2.25. The van der Waals surface area contributed by atoms with Crippen LogP contribution in [0.2, 0.25) is 5.02 Å². The maximum Gasteiger partial charge on any atom is 0.0606 e. The van der Waals surface area contributed by atoms with Crippen molar-refractivity contribution in [2.75, 3.05) is 30.3 Å². The molecule has 1 aromatic carbocycles. The van der Waals surface area contributed by atoms with Crippen molar-refractivity contribution in [2.45, 2.75) is 6.92 Å². The zero-order valence-electron chi connectivity index (χ0n) is 8.20. The van der Waals surface area contributed by atoms with Crippen LogP contribution in [0.1, 0.15) is 6.92 Å². The number of nitrogens with zero attached hydrogens (tertiary/aromatic N) is 1. The third-order valence-corrected chi connectivity index (χ3v) is 2.32. The number of hydrogen-bond donors (Lipinski definition) is 2. The molecule has 1 rings (SSSR count). The molecule has 0 amide bonds. The van der Waals surface area contributed by atoms with Gasteiger partial charge in [-0.3, -0.25) is 0 Å². The smallest absolute Gasteiger partial charge is 0.0606 e. The maximum absolute atomic E-state index is 8.87. The first-order chi connectivity index (χ1) is 6.69. The highest BCUT2D eigenvalue weighted by atomic mass is 35.5. The molecule has 3 nitrogen and oxygen atoms in total. The van der Waals surface area contributed by atoms with E-state index in [9.17, 15) is 0 Å². The number of hydrogen-bond acceptors (Lipinski definition) is 3. The summed E-state index contributed by atoms with van der Waals surface area (Å²) >= 11 is 5.79. The molecule has 0 aliphatic carbocycles. The van der Waals surface area contributed by atoms with Crippen LogP contribution in [0.25, 0.3) is 0 Å². The van der Waals surface area contributed by atoms with Crippen LogP contribution in [0, 0.1) is 0 Å². The first kappa shape index (κ1) is 11.1. The highest BCUT2D eigenvalue weighted by Gasteiger charge is 2.07. The van der Waals surface area contributed by atoms with Gasteiger partial charge in [-0.05, 0) is 25.1 Å². The number of rotatable bonds is 4. The van der Waals surface area contributed by atoms with Gasteiger partial charge in [0.1, 0.15) is 0 Å². The lowest BCUT2D eigenvalue weighted by Gasteiger charge is -2.23. The van der Waals surface area contributed by atoms with Crippen LogP contribution < -0.4 is 10.6 Å². The summed E-state index contributed by atoms with van der Waals surface area (Å²) in [5.41, 5.74) is 7.39. The number of aliphatic hydroxyl groups is 1. The van der Waals surface area contributed by atoms with E-state index in [1.807, 2.05) is 17.9 Å². The van der Waals surface area contributed by atoms with Crippen molar-refractivity contribution < 1.29 is 5.11 Å². The van der Waals surface area contributed by atoms with Crippen LogP contribution in [-0.2, 0) is 0 Å². The van der Waals surface area contributed by atoms with Crippen LogP contribution in [0.3, 0.4) is 0 Å². The summed E-state index contributed by atoms with van der Waals surface area (Å²) in [5, 5.41) is 9.50. The van der Waals surface area contributed by atoms with Gasteiger partial charge in [-0.1, -0.05) is 11.6 Å². The average molecular weight is 215 g/mol. The Morgan fingerprint density at radius 3 is 2.71 bits per heavy atom. The van der Waals surface area contributed by atoms with Crippen molar-refractivity contribution in [3.05, 3.63) is 23.2 Å². The molecule has 1 aromatic rings. The Labute approximate surface area is 89.1 Å². The molecule has 0 heterocycles. The lowest BCUT2D eigenvalue weighted by molar-refractivity contribution is 0.302. The van der Waals surface area contributed by atoms with Gasteiger partial charge in [0.15, 0.2) is 0 Å². The van der Waals surface area contributed by atoms with Gasteiger partial charge in [0.05, 0.1) is 18.0 Å². The second-order valence-corrected chi connectivity index (χ2v) is 3.44. The van der Waals surface area contributed by atoms with E-state index in [-0.39, 0.29) is 6.61 Å². The molecule has 3 N–H and O–H groups in total. The quantitative estimate of drug-likeness (QED) is 0.751. The maximum atomic E-state index is 8.87. The van der Waals surface area contributed by atoms with Gasteiger partial charge in [0, 0.05) is 18.1 Å². The van der Waals surface area contributed by atoms with Gasteiger partial charge in [0.2, 0.25) is 0 Å². The van der Waals surface area contributed by atoms with Crippen molar-refractivity contribution in [3.63, 3.8) is 0 Å². The number of anilines is 2. The van der Waals surface area contributed by atoms with E-state index in [1.54, 1.807) is 12.1 Å². The SMILES string of the molecule is CCN(CCO)c1ccc(Cl)cc1N. The van der Waals surface area contributed by atoms with Gasteiger partial charge in [-0.15, -0.1) is 0 Å².